The van der Waals surface area contributed by atoms with Crippen molar-refractivity contribution in [1.29, 1.82) is 5.26 Å². The first-order chi connectivity index (χ1) is 15.9. The summed E-state index contributed by atoms with van der Waals surface area (Å²) in [7, 11) is -3.67. The second kappa shape index (κ2) is 8.22. The fourth-order valence-corrected chi connectivity index (χ4v) is 5.64. The second-order valence-electron chi connectivity index (χ2n) is 7.89. The molecule has 0 spiro atoms. The number of sulfonamides is 1. The quantitative estimate of drug-likeness (QED) is 0.615. The summed E-state index contributed by atoms with van der Waals surface area (Å²) >= 11 is 0. The van der Waals surface area contributed by atoms with Crippen molar-refractivity contribution in [2.45, 2.75) is 30.6 Å². The predicted octanol–water partition coefficient (Wildman–Crippen LogP) is 3.70. The maximum absolute atomic E-state index is 12.1. The molecule has 8 nitrogen and oxygen atoms in total. The average Bonchev–Trinajstić information content (AvgIpc) is 3.34. The number of nitrogens with zero attached hydrogens (tertiary/aromatic N) is 2. The van der Waals surface area contributed by atoms with Gasteiger partial charge in [0.1, 0.15) is 40.4 Å². The number of nitriles is 1. The zero-order valence-electron chi connectivity index (χ0n) is 17.4. The van der Waals surface area contributed by atoms with Gasteiger partial charge in [0.15, 0.2) is 0 Å². The third-order valence-electron chi connectivity index (χ3n) is 5.78. The van der Waals surface area contributed by atoms with Crippen LogP contribution in [0.25, 0.3) is 0 Å². The number of nitrogens with one attached hydrogen (secondary N) is 1. The van der Waals surface area contributed by atoms with E-state index in [2.05, 4.69) is 4.98 Å². The number of pyridine rings is 1. The van der Waals surface area contributed by atoms with E-state index >= 15 is 0 Å². The van der Waals surface area contributed by atoms with E-state index in [4.69, 9.17) is 14.7 Å². The number of fused-ring (bicyclic) bond motifs is 1. The second-order valence-corrected chi connectivity index (χ2v) is 9.76. The van der Waals surface area contributed by atoms with E-state index in [1.165, 1.54) is 6.20 Å². The van der Waals surface area contributed by atoms with Gasteiger partial charge in [-0.05, 0) is 54.3 Å². The summed E-state index contributed by atoms with van der Waals surface area (Å²) < 4.78 is 38.4. The van der Waals surface area contributed by atoms with E-state index in [0.29, 0.717) is 22.8 Å². The molecule has 166 valence electrons. The van der Waals surface area contributed by atoms with Crippen LogP contribution in [0.15, 0.2) is 60.8 Å². The number of benzene rings is 2. The summed E-state index contributed by atoms with van der Waals surface area (Å²) in [6.45, 7) is 0. The summed E-state index contributed by atoms with van der Waals surface area (Å²) in [6, 6.07) is 17.9. The van der Waals surface area contributed by atoms with Crippen LogP contribution >= 0.6 is 0 Å². The number of hydrogen-bond donors (Lipinski definition) is 1. The van der Waals surface area contributed by atoms with Crippen LogP contribution in [0.2, 0.25) is 0 Å². The van der Waals surface area contributed by atoms with Gasteiger partial charge in [0.2, 0.25) is 15.9 Å². The fourth-order valence-electron chi connectivity index (χ4n) is 4.21. The smallest absolute Gasteiger partial charge is 0.242 e. The average molecular weight is 461 g/mol. The molecular weight excluding hydrogens is 442 g/mol. The lowest BCUT2D eigenvalue weighted by atomic mass is 10.1. The molecule has 1 unspecified atom stereocenters. The highest BCUT2D eigenvalue weighted by Gasteiger charge is 2.37. The molecule has 2 atom stereocenters. The van der Waals surface area contributed by atoms with Crippen molar-refractivity contribution >= 4 is 15.9 Å². The lowest BCUT2D eigenvalue weighted by molar-refractivity contribution is -0.118. The highest BCUT2D eigenvalue weighted by Crippen LogP contribution is 2.41. The molecule has 0 bridgehead atoms. The monoisotopic (exact) mass is 461 g/mol. The Morgan fingerprint density at radius 3 is 2.52 bits per heavy atom. The van der Waals surface area contributed by atoms with Crippen molar-refractivity contribution in [3.05, 3.63) is 83.2 Å². The molecule has 1 saturated heterocycles. The molecule has 1 N–H and O–H groups in total. The van der Waals surface area contributed by atoms with Gasteiger partial charge in [0, 0.05) is 5.56 Å². The maximum atomic E-state index is 12.1. The normalized spacial score (nSPS) is 20.5. The van der Waals surface area contributed by atoms with E-state index in [-0.39, 0.29) is 12.5 Å². The largest absolute Gasteiger partial charge is 0.486 e. The van der Waals surface area contributed by atoms with Crippen LogP contribution in [-0.2, 0) is 21.2 Å². The van der Waals surface area contributed by atoms with Gasteiger partial charge in [-0.3, -0.25) is 9.52 Å². The SMILES string of the molecule is N#Cc1ccc(Oc2cccc3c2CC[C@H]3Oc2ccc(C3CC(=O)NS3(=O)=O)cc2)cn1. The summed E-state index contributed by atoms with van der Waals surface area (Å²) in [6.07, 6.45) is 2.85. The molecule has 2 aliphatic rings. The number of aromatic nitrogens is 1. The first kappa shape index (κ1) is 21.0. The zero-order chi connectivity index (χ0) is 23.0. The topological polar surface area (TPSA) is 118 Å². The lowest BCUT2D eigenvalue weighted by Gasteiger charge is -2.17. The Kier molecular flexibility index (Phi) is 5.23. The van der Waals surface area contributed by atoms with Crippen LogP contribution < -0.4 is 14.2 Å². The lowest BCUT2D eigenvalue weighted by Crippen LogP contribution is -2.21. The minimum absolute atomic E-state index is 0.0733. The third-order valence-corrected chi connectivity index (χ3v) is 7.48. The molecule has 33 heavy (non-hydrogen) atoms. The molecule has 3 aromatic rings. The Hall–Kier alpha value is -3.90. The standard InChI is InChI=1S/C24H19N3O5S/c25-13-16-6-9-18(14-26-16)32-21-3-1-2-19-20(21)10-11-22(19)31-17-7-4-15(5-8-17)23-12-24(28)27-33(23,29)30/h1-9,14,22-23H,10-12H2,(H,27,28)/t22-,23?/m1/s1. The third kappa shape index (κ3) is 4.13. The maximum Gasteiger partial charge on any atom is 0.242 e. The van der Waals surface area contributed by atoms with Crippen LogP contribution in [0.3, 0.4) is 0 Å². The van der Waals surface area contributed by atoms with Gasteiger partial charge in [0.25, 0.3) is 0 Å². The van der Waals surface area contributed by atoms with E-state index < -0.39 is 21.2 Å². The Balaban J connectivity index is 1.31. The predicted molar refractivity (Wildman–Crippen MR) is 118 cm³/mol. The summed E-state index contributed by atoms with van der Waals surface area (Å²) in [4.78, 5) is 15.5. The van der Waals surface area contributed by atoms with Crippen molar-refractivity contribution in [2.24, 2.45) is 0 Å². The van der Waals surface area contributed by atoms with Gasteiger partial charge in [0.05, 0.1) is 12.6 Å². The first-order valence-electron chi connectivity index (χ1n) is 10.4. The number of ether oxygens (including phenoxy) is 2. The van der Waals surface area contributed by atoms with E-state index in [1.54, 1.807) is 36.4 Å². The summed E-state index contributed by atoms with van der Waals surface area (Å²) in [5.41, 5.74) is 2.98. The molecular formula is C24H19N3O5S. The van der Waals surface area contributed by atoms with Gasteiger partial charge in [-0.25, -0.2) is 13.4 Å². The Morgan fingerprint density at radius 2 is 1.85 bits per heavy atom. The molecule has 9 heteroatoms. The van der Waals surface area contributed by atoms with Crippen molar-refractivity contribution in [1.82, 2.24) is 9.71 Å². The van der Waals surface area contributed by atoms with E-state index in [1.807, 2.05) is 29.0 Å². The van der Waals surface area contributed by atoms with Gasteiger partial charge in [-0.15, -0.1) is 0 Å². The highest BCUT2D eigenvalue weighted by molar-refractivity contribution is 7.90. The van der Waals surface area contributed by atoms with Crippen LogP contribution in [0.4, 0.5) is 0 Å². The van der Waals surface area contributed by atoms with Gasteiger partial charge < -0.3 is 9.47 Å². The summed E-state index contributed by atoms with van der Waals surface area (Å²) in [5, 5.41) is 8.02. The molecule has 1 amide bonds. The van der Waals surface area contributed by atoms with Crippen LogP contribution in [0.1, 0.15) is 46.6 Å². The van der Waals surface area contributed by atoms with Crippen molar-refractivity contribution < 1.29 is 22.7 Å². The molecule has 1 aliphatic heterocycles. The van der Waals surface area contributed by atoms with Crippen LogP contribution in [0, 0.1) is 11.3 Å². The first-order valence-corrected chi connectivity index (χ1v) is 11.9. The molecule has 2 aromatic carbocycles. The Morgan fingerprint density at radius 1 is 1.06 bits per heavy atom. The number of rotatable bonds is 5. The Labute approximate surface area is 190 Å². The molecule has 0 saturated carbocycles. The van der Waals surface area contributed by atoms with Crippen molar-refractivity contribution in [3.8, 4) is 23.3 Å². The minimum Gasteiger partial charge on any atom is -0.486 e. The molecule has 1 aromatic heterocycles. The molecule has 2 heterocycles. The minimum atomic E-state index is -3.67. The van der Waals surface area contributed by atoms with Gasteiger partial charge in [-0.2, -0.15) is 5.26 Å². The summed E-state index contributed by atoms with van der Waals surface area (Å²) in [5.74, 6) is 1.41. The van der Waals surface area contributed by atoms with Crippen molar-refractivity contribution in [2.75, 3.05) is 0 Å². The van der Waals surface area contributed by atoms with E-state index in [0.717, 1.165) is 29.7 Å². The number of amides is 1. The molecule has 0 radical (unpaired) electrons. The van der Waals surface area contributed by atoms with Gasteiger partial charge >= 0.3 is 0 Å². The molecule has 1 fully saturated rings. The van der Waals surface area contributed by atoms with Gasteiger partial charge in [-0.1, -0.05) is 24.3 Å². The fraction of sp³-hybridized carbons (Fsp3) is 0.208. The van der Waals surface area contributed by atoms with Crippen molar-refractivity contribution in [3.63, 3.8) is 0 Å². The number of hydrogen-bond acceptors (Lipinski definition) is 7. The van der Waals surface area contributed by atoms with Crippen LogP contribution in [-0.4, -0.2) is 19.3 Å². The number of carbonyl (C=O) groups is 1. The van der Waals surface area contributed by atoms with E-state index in [9.17, 15) is 13.2 Å². The number of carbonyl (C=O) groups excluding carboxylic acids is 1. The van der Waals surface area contributed by atoms with Crippen LogP contribution in [0.5, 0.6) is 17.2 Å². The molecule has 5 rings (SSSR count). The zero-order valence-corrected chi connectivity index (χ0v) is 18.2. The molecule has 1 aliphatic carbocycles. The highest BCUT2D eigenvalue weighted by atomic mass is 32.2. The Bertz CT molecular complexity index is 1360.